The number of thiophene rings is 1. The third-order valence-corrected chi connectivity index (χ3v) is 3.76. The molecule has 0 aliphatic heterocycles. The molecule has 2 aromatic heterocycles. The van der Waals surface area contributed by atoms with Crippen molar-refractivity contribution in [2.45, 2.75) is 6.54 Å². The zero-order valence-corrected chi connectivity index (χ0v) is 11.4. The summed E-state index contributed by atoms with van der Waals surface area (Å²) in [6.45, 7) is 0.600. The number of aromatic amines is 1. The largest absolute Gasteiger partial charge is 0.489 e. The first-order valence-electron chi connectivity index (χ1n) is 4.79. The van der Waals surface area contributed by atoms with Gasteiger partial charge in [-0.3, -0.25) is 4.79 Å². The summed E-state index contributed by atoms with van der Waals surface area (Å²) < 4.78 is 6.04. The molecule has 0 radical (unpaired) electrons. The van der Waals surface area contributed by atoms with Crippen molar-refractivity contribution in [3.8, 4) is 5.75 Å². The van der Waals surface area contributed by atoms with Gasteiger partial charge in [-0.1, -0.05) is 0 Å². The second-order valence-electron chi connectivity index (χ2n) is 3.20. The van der Waals surface area contributed by atoms with Gasteiger partial charge in [-0.15, -0.1) is 11.3 Å². The van der Waals surface area contributed by atoms with Crippen LogP contribution in [0.15, 0.2) is 27.0 Å². The first-order chi connectivity index (χ1) is 8.20. The lowest BCUT2D eigenvalue weighted by molar-refractivity contribution is 0.408. The fraction of sp³-hybridized carbons (Fsp3) is 0.200. The summed E-state index contributed by atoms with van der Waals surface area (Å²) in [5, 5.41) is 5.07. The van der Waals surface area contributed by atoms with E-state index < -0.39 is 0 Å². The molecule has 0 unspecified atom stereocenters. The molecular formula is C10H10BrN3O2S. The second kappa shape index (κ2) is 5.33. The van der Waals surface area contributed by atoms with Gasteiger partial charge in [0.2, 0.25) is 5.75 Å². The topological polar surface area (TPSA) is 67.0 Å². The van der Waals surface area contributed by atoms with E-state index in [9.17, 15) is 4.79 Å². The Kier molecular flexibility index (Phi) is 3.80. The van der Waals surface area contributed by atoms with E-state index in [0.29, 0.717) is 12.4 Å². The Bertz CT molecular complexity index is 567. The number of hydrogen-bond donors (Lipinski definition) is 2. The minimum absolute atomic E-state index is 0.197. The molecule has 2 rings (SSSR count). The fourth-order valence-corrected chi connectivity index (χ4v) is 2.71. The summed E-state index contributed by atoms with van der Waals surface area (Å²) >= 11 is 5.01. The third kappa shape index (κ3) is 2.86. The smallest absolute Gasteiger partial charge is 0.295 e. The number of H-pyrrole nitrogens is 1. The zero-order chi connectivity index (χ0) is 12.3. The van der Waals surface area contributed by atoms with Crippen molar-refractivity contribution < 1.29 is 4.74 Å². The molecule has 2 heterocycles. The molecule has 0 aliphatic rings. The Balaban J connectivity index is 2.14. The van der Waals surface area contributed by atoms with Crippen molar-refractivity contribution in [3.05, 3.63) is 37.5 Å². The van der Waals surface area contributed by atoms with E-state index in [1.165, 1.54) is 13.4 Å². The second-order valence-corrected chi connectivity index (χ2v) is 5.11. The van der Waals surface area contributed by atoms with E-state index in [1.807, 2.05) is 11.4 Å². The van der Waals surface area contributed by atoms with Crippen LogP contribution in [0, 0.1) is 0 Å². The molecule has 0 atom stereocenters. The number of aromatic nitrogens is 2. The van der Waals surface area contributed by atoms with Crippen LogP contribution in [0.5, 0.6) is 5.75 Å². The van der Waals surface area contributed by atoms with Crippen molar-refractivity contribution in [2.75, 3.05) is 12.4 Å². The highest BCUT2D eigenvalue weighted by Crippen LogP contribution is 2.22. The SMILES string of the molecule is COc1c(NCc2cc(Br)cs2)nc[nH]c1=O. The Labute approximate surface area is 110 Å². The number of halogens is 1. The quantitative estimate of drug-likeness (QED) is 0.907. The minimum atomic E-state index is -0.294. The normalized spacial score (nSPS) is 10.2. The Morgan fingerprint density at radius 3 is 3.12 bits per heavy atom. The standard InChI is InChI=1S/C10H10BrN3O2S/c1-16-8-9(13-5-14-10(8)15)12-3-7-2-6(11)4-17-7/h2,4-5H,3H2,1H3,(H2,12,13,14,15). The molecule has 0 aromatic carbocycles. The van der Waals surface area contributed by atoms with E-state index in [2.05, 4.69) is 31.2 Å². The summed E-state index contributed by atoms with van der Waals surface area (Å²) in [6, 6.07) is 2.01. The minimum Gasteiger partial charge on any atom is -0.489 e. The number of nitrogens with one attached hydrogen (secondary N) is 2. The van der Waals surface area contributed by atoms with Crippen LogP contribution in [-0.2, 0) is 6.54 Å². The summed E-state index contributed by atoms with van der Waals surface area (Å²) in [5.41, 5.74) is -0.294. The van der Waals surface area contributed by atoms with Crippen molar-refractivity contribution in [1.82, 2.24) is 9.97 Å². The van der Waals surface area contributed by atoms with Crippen molar-refractivity contribution in [2.24, 2.45) is 0 Å². The van der Waals surface area contributed by atoms with Gasteiger partial charge >= 0.3 is 0 Å². The van der Waals surface area contributed by atoms with E-state index in [-0.39, 0.29) is 11.3 Å². The fourth-order valence-electron chi connectivity index (χ4n) is 1.32. The van der Waals surface area contributed by atoms with Gasteiger partial charge in [0, 0.05) is 14.7 Å². The maximum absolute atomic E-state index is 11.4. The highest BCUT2D eigenvalue weighted by molar-refractivity contribution is 9.10. The number of hydrogen-bond acceptors (Lipinski definition) is 5. The first-order valence-corrected chi connectivity index (χ1v) is 6.46. The van der Waals surface area contributed by atoms with E-state index in [0.717, 1.165) is 9.35 Å². The predicted octanol–water partition coefficient (Wildman–Crippen LogP) is 2.21. The average Bonchev–Trinajstić information content (AvgIpc) is 2.72. The Morgan fingerprint density at radius 2 is 2.47 bits per heavy atom. The number of methoxy groups -OCH3 is 1. The van der Waals surface area contributed by atoms with Crippen LogP contribution in [0.1, 0.15) is 4.88 Å². The molecule has 0 saturated heterocycles. The lowest BCUT2D eigenvalue weighted by Gasteiger charge is -2.07. The number of nitrogens with zero attached hydrogens (tertiary/aromatic N) is 1. The summed E-state index contributed by atoms with van der Waals surface area (Å²) in [7, 11) is 1.44. The van der Waals surface area contributed by atoms with Crippen LogP contribution in [0.25, 0.3) is 0 Å². The molecule has 0 fully saturated rings. The summed E-state index contributed by atoms with van der Waals surface area (Å²) in [6.07, 6.45) is 1.34. The molecule has 0 saturated carbocycles. The molecule has 17 heavy (non-hydrogen) atoms. The lowest BCUT2D eigenvalue weighted by atomic mass is 10.4. The van der Waals surface area contributed by atoms with Crippen molar-refractivity contribution >= 4 is 33.1 Å². The lowest BCUT2D eigenvalue weighted by Crippen LogP contribution is -2.13. The van der Waals surface area contributed by atoms with Crippen LogP contribution in [-0.4, -0.2) is 17.1 Å². The molecule has 90 valence electrons. The Morgan fingerprint density at radius 1 is 1.65 bits per heavy atom. The van der Waals surface area contributed by atoms with Gasteiger partial charge in [-0.2, -0.15) is 0 Å². The monoisotopic (exact) mass is 315 g/mol. The molecule has 5 nitrogen and oxygen atoms in total. The van der Waals surface area contributed by atoms with E-state index in [1.54, 1.807) is 11.3 Å². The average molecular weight is 316 g/mol. The van der Waals surface area contributed by atoms with Crippen molar-refractivity contribution in [1.29, 1.82) is 0 Å². The highest BCUT2D eigenvalue weighted by atomic mass is 79.9. The molecule has 2 N–H and O–H groups in total. The maximum Gasteiger partial charge on any atom is 0.295 e. The van der Waals surface area contributed by atoms with Gasteiger partial charge in [0.1, 0.15) is 0 Å². The van der Waals surface area contributed by atoms with Crippen LogP contribution >= 0.6 is 27.3 Å². The maximum atomic E-state index is 11.4. The third-order valence-electron chi connectivity index (χ3n) is 2.07. The van der Waals surface area contributed by atoms with Crippen molar-refractivity contribution in [3.63, 3.8) is 0 Å². The van der Waals surface area contributed by atoms with Gasteiger partial charge in [0.15, 0.2) is 5.82 Å². The summed E-state index contributed by atoms with van der Waals surface area (Å²) in [5.74, 6) is 0.642. The molecular weight excluding hydrogens is 306 g/mol. The predicted molar refractivity (Wildman–Crippen MR) is 70.8 cm³/mol. The first kappa shape index (κ1) is 12.1. The van der Waals surface area contributed by atoms with Gasteiger partial charge in [0.25, 0.3) is 5.56 Å². The number of rotatable bonds is 4. The van der Waals surface area contributed by atoms with Gasteiger partial charge in [-0.05, 0) is 22.0 Å². The molecule has 0 aliphatic carbocycles. The molecule has 0 bridgehead atoms. The van der Waals surface area contributed by atoms with Gasteiger partial charge < -0.3 is 15.0 Å². The van der Waals surface area contributed by atoms with E-state index in [4.69, 9.17) is 4.74 Å². The summed E-state index contributed by atoms with van der Waals surface area (Å²) in [4.78, 5) is 19.1. The van der Waals surface area contributed by atoms with Gasteiger partial charge in [-0.25, -0.2) is 4.98 Å². The molecule has 0 amide bonds. The van der Waals surface area contributed by atoms with E-state index >= 15 is 0 Å². The van der Waals surface area contributed by atoms with Crippen LogP contribution < -0.4 is 15.6 Å². The molecule has 7 heteroatoms. The van der Waals surface area contributed by atoms with Crippen LogP contribution in [0.2, 0.25) is 0 Å². The molecule has 2 aromatic rings. The highest BCUT2D eigenvalue weighted by Gasteiger charge is 2.08. The zero-order valence-electron chi connectivity index (χ0n) is 8.99. The van der Waals surface area contributed by atoms with Crippen LogP contribution in [0.4, 0.5) is 5.82 Å². The Hall–Kier alpha value is -1.34. The number of anilines is 1. The molecule has 0 spiro atoms. The number of ether oxygens (including phenoxy) is 1. The van der Waals surface area contributed by atoms with Crippen LogP contribution in [0.3, 0.4) is 0 Å². The van der Waals surface area contributed by atoms with Gasteiger partial charge in [0.05, 0.1) is 20.0 Å².